The van der Waals surface area contributed by atoms with Crippen LogP contribution < -0.4 is 10.6 Å². The van der Waals surface area contributed by atoms with Gasteiger partial charge in [-0.05, 0) is 80.9 Å². The number of hydrogen-bond acceptors (Lipinski definition) is 3. The van der Waals surface area contributed by atoms with Gasteiger partial charge in [0.05, 0.1) is 12.2 Å². The van der Waals surface area contributed by atoms with E-state index in [-0.39, 0.29) is 29.5 Å². The van der Waals surface area contributed by atoms with E-state index in [9.17, 15) is 14.7 Å². The van der Waals surface area contributed by atoms with Crippen LogP contribution in [0.3, 0.4) is 0 Å². The van der Waals surface area contributed by atoms with Crippen molar-refractivity contribution in [3.05, 3.63) is 23.8 Å². The first kappa shape index (κ1) is 16.4. The molecule has 5 heteroatoms. The highest BCUT2D eigenvalue weighted by molar-refractivity contribution is 5.96. The summed E-state index contributed by atoms with van der Waals surface area (Å²) in [5.74, 6) is 1.90. The second-order valence-corrected chi connectivity index (χ2v) is 8.45. The minimum atomic E-state index is -0.308. The predicted molar refractivity (Wildman–Crippen MR) is 95.1 cm³/mol. The van der Waals surface area contributed by atoms with Crippen LogP contribution in [-0.2, 0) is 9.59 Å². The summed E-state index contributed by atoms with van der Waals surface area (Å²) in [6.07, 6.45) is 6.85. The summed E-state index contributed by atoms with van der Waals surface area (Å²) in [6.45, 7) is 1.82. The highest BCUT2D eigenvalue weighted by atomic mass is 16.3. The molecular formula is C20H26N2O3. The predicted octanol–water partition coefficient (Wildman–Crippen LogP) is 2.97. The summed E-state index contributed by atoms with van der Waals surface area (Å²) in [6, 6.07) is 5.09. The van der Waals surface area contributed by atoms with Crippen LogP contribution in [0, 0.1) is 30.1 Å². The third kappa shape index (κ3) is 3.12. The van der Waals surface area contributed by atoms with Gasteiger partial charge in [-0.1, -0.05) is 6.07 Å². The van der Waals surface area contributed by atoms with E-state index in [1.165, 1.54) is 19.3 Å². The lowest BCUT2D eigenvalue weighted by molar-refractivity contribution is -0.146. The maximum Gasteiger partial charge on any atom is 0.243 e. The van der Waals surface area contributed by atoms with Crippen LogP contribution in [0.25, 0.3) is 0 Å². The summed E-state index contributed by atoms with van der Waals surface area (Å²) >= 11 is 0. The fourth-order valence-electron chi connectivity index (χ4n) is 5.68. The number of carbonyl (C=O) groups excluding carboxylic acids is 2. The molecule has 2 amide bonds. The largest absolute Gasteiger partial charge is 0.506 e. The maximum atomic E-state index is 12.8. The van der Waals surface area contributed by atoms with Gasteiger partial charge in [0.15, 0.2) is 0 Å². The molecule has 4 bridgehead atoms. The molecule has 5 nitrogen and oxygen atoms in total. The molecule has 25 heavy (non-hydrogen) atoms. The van der Waals surface area contributed by atoms with Crippen molar-refractivity contribution >= 4 is 17.5 Å². The molecule has 134 valence electrons. The second kappa shape index (κ2) is 6.04. The van der Waals surface area contributed by atoms with E-state index in [0.717, 1.165) is 24.8 Å². The van der Waals surface area contributed by atoms with E-state index >= 15 is 0 Å². The van der Waals surface area contributed by atoms with E-state index in [1.54, 1.807) is 12.1 Å². The third-order valence-corrected chi connectivity index (χ3v) is 6.36. The van der Waals surface area contributed by atoms with E-state index in [2.05, 4.69) is 10.6 Å². The summed E-state index contributed by atoms with van der Waals surface area (Å²) in [5, 5.41) is 15.4. The molecule has 0 aromatic heterocycles. The van der Waals surface area contributed by atoms with Crippen molar-refractivity contribution in [2.45, 2.75) is 45.4 Å². The number of anilines is 1. The lowest BCUT2D eigenvalue weighted by Gasteiger charge is -2.55. The first-order valence-corrected chi connectivity index (χ1v) is 9.31. The van der Waals surface area contributed by atoms with E-state index in [4.69, 9.17) is 0 Å². The molecule has 0 radical (unpaired) electrons. The Morgan fingerprint density at radius 2 is 1.72 bits per heavy atom. The normalized spacial score (nSPS) is 32.4. The number of phenols is 1. The van der Waals surface area contributed by atoms with Crippen LogP contribution in [0.1, 0.15) is 44.1 Å². The molecule has 0 unspecified atom stereocenters. The smallest absolute Gasteiger partial charge is 0.243 e. The van der Waals surface area contributed by atoms with Crippen LogP contribution in [0.4, 0.5) is 5.69 Å². The van der Waals surface area contributed by atoms with E-state index < -0.39 is 0 Å². The van der Waals surface area contributed by atoms with Crippen LogP contribution in [0.5, 0.6) is 5.75 Å². The molecule has 0 saturated heterocycles. The zero-order valence-electron chi connectivity index (χ0n) is 14.7. The number of phenolic OH excluding ortho intramolecular Hbond substituents is 1. The van der Waals surface area contributed by atoms with Crippen molar-refractivity contribution in [3.8, 4) is 5.75 Å². The third-order valence-electron chi connectivity index (χ3n) is 6.36. The van der Waals surface area contributed by atoms with Crippen molar-refractivity contribution in [1.29, 1.82) is 0 Å². The number of amides is 2. The Labute approximate surface area is 148 Å². The van der Waals surface area contributed by atoms with E-state index in [1.807, 2.05) is 13.0 Å². The number of carbonyl (C=O) groups is 2. The summed E-state index contributed by atoms with van der Waals surface area (Å²) < 4.78 is 0. The van der Waals surface area contributed by atoms with E-state index in [0.29, 0.717) is 23.4 Å². The van der Waals surface area contributed by atoms with Gasteiger partial charge in [-0.25, -0.2) is 0 Å². The van der Waals surface area contributed by atoms with Crippen LogP contribution in [-0.4, -0.2) is 23.5 Å². The zero-order chi connectivity index (χ0) is 17.6. The van der Waals surface area contributed by atoms with Gasteiger partial charge < -0.3 is 15.7 Å². The van der Waals surface area contributed by atoms with Crippen LogP contribution in [0.2, 0.25) is 0 Å². The molecule has 4 aliphatic carbocycles. The SMILES string of the molecule is Cc1ccc(NC(=O)CNC(=O)C23CC4CC(CC(C4)C2)C3)c(O)c1. The summed E-state index contributed by atoms with van der Waals surface area (Å²) in [4.78, 5) is 25.0. The lowest BCUT2D eigenvalue weighted by atomic mass is 9.49. The minimum Gasteiger partial charge on any atom is -0.506 e. The second-order valence-electron chi connectivity index (χ2n) is 8.45. The van der Waals surface area contributed by atoms with Gasteiger partial charge in [0.25, 0.3) is 0 Å². The lowest BCUT2D eigenvalue weighted by Crippen LogP contribution is -2.54. The zero-order valence-corrected chi connectivity index (χ0v) is 14.7. The minimum absolute atomic E-state index is 0.0424. The molecule has 1 aromatic carbocycles. The molecule has 4 aliphatic rings. The molecular weight excluding hydrogens is 316 g/mol. The number of benzene rings is 1. The first-order chi connectivity index (χ1) is 11.9. The Morgan fingerprint density at radius 1 is 1.12 bits per heavy atom. The molecule has 1 aromatic rings. The highest BCUT2D eigenvalue weighted by Gasteiger charge is 2.54. The van der Waals surface area contributed by atoms with Gasteiger partial charge in [0.2, 0.25) is 11.8 Å². The average molecular weight is 342 g/mol. The number of hydrogen-bond donors (Lipinski definition) is 3. The molecule has 5 rings (SSSR count). The average Bonchev–Trinajstić information content (AvgIpc) is 2.54. The first-order valence-electron chi connectivity index (χ1n) is 9.31. The molecule has 0 aliphatic heterocycles. The Balaban J connectivity index is 1.35. The van der Waals surface area contributed by atoms with Gasteiger partial charge in [-0.3, -0.25) is 9.59 Å². The number of aromatic hydroxyl groups is 1. The fourth-order valence-corrected chi connectivity index (χ4v) is 5.68. The number of aryl methyl sites for hydroxylation is 1. The van der Waals surface area contributed by atoms with Crippen molar-refractivity contribution in [3.63, 3.8) is 0 Å². The monoisotopic (exact) mass is 342 g/mol. The van der Waals surface area contributed by atoms with Crippen molar-refractivity contribution in [2.24, 2.45) is 23.2 Å². The molecule has 3 N–H and O–H groups in total. The van der Waals surface area contributed by atoms with Crippen LogP contribution >= 0.6 is 0 Å². The van der Waals surface area contributed by atoms with Gasteiger partial charge in [0, 0.05) is 5.41 Å². The molecule has 0 spiro atoms. The fraction of sp³-hybridized carbons (Fsp3) is 0.600. The van der Waals surface area contributed by atoms with Gasteiger partial charge in [0.1, 0.15) is 5.75 Å². The Morgan fingerprint density at radius 3 is 2.28 bits per heavy atom. The Bertz CT molecular complexity index is 678. The molecule has 0 heterocycles. The van der Waals surface area contributed by atoms with Gasteiger partial charge >= 0.3 is 0 Å². The topological polar surface area (TPSA) is 78.4 Å². The standard InChI is InChI=1S/C20H26N2O3/c1-12-2-3-16(17(23)4-12)22-18(24)11-21-19(25)20-8-13-5-14(9-20)7-15(6-13)10-20/h2-4,13-15,23H,5-11H2,1H3,(H,21,25)(H,22,24). The Hall–Kier alpha value is -2.04. The van der Waals surface area contributed by atoms with Crippen molar-refractivity contribution in [2.75, 3.05) is 11.9 Å². The molecule has 0 atom stereocenters. The Kier molecular flexibility index (Phi) is 3.97. The highest BCUT2D eigenvalue weighted by Crippen LogP contribution is 2.60. The van der Waals surface area contributed by atoms with Gasteiger partial charge in [-0.2, -0.15) is 0 Å². The summed E-state index contributed by atoms with van der Waals surface area (Å²) in [7, 11) is 0. The number of nitrogens with one attached hydrogen (secondary N) is 2. The van der Waals surface area contributed by atoms with Crippen molar-refractivity contribution in [1.82, 2.24) is 5.32 Å². The summed E-state index contributed by atoms with van der Waals surface area (Å²) in [5.41, 5.74) is 1.06. The molecule has 4 saturated carbocycles. The van der Waals surface area contributed by atoms with Gasteiger partial charge in [-0.15, -0.1) is 0 Å². The number of rotatable bonds is 4. The van der Waals surface area contributed by atoms with Crippen molar-refractivity contribution < 1.29 is 14.7 Å². The molecule has 4 fully saturated rings. The maximum absolute atomic E-state index is 12.8. The quantitative estimate of drug-likeness (QED) is 0.736. The van der Waals surface area contributed by atoms with Crippen LogP contribution in [0.15, 0.2) is 18.2 Å².